The minimum atomic E-state index is -0.274. The van der Waals surface area contributed by atoms with Gasteiger partial charge in [0, 0.05) is 6.92 Å². The van der Waals surface area contributed by atoms with Crippen molar-refractivity contribution in [3.8, 4) is 0 Å². The highest BCUT2D eigenvalue weighted by Gasteiger charge is 1.99. The van der Waals surface area contributed by atoms with Crippen LogP contribution in [0.25, 0.3) is 0 Å². The Morgan fingerprint density at radius 3 is 2.50 bits per heavy atom. The highest BCUT2D eigenvalue weighted by Crippen LogP contribution is 1.78. The number of nitrogens with zero attached hydrogens (tertiary/aromatic N) is 2. The first-order valence-electron chi connectivity index (χ1n) is 2.95. The minimum Gasteiger partial charge on any atom is -0.379 e. The Hall–Kier alpha value is -1.10. The number of nitrogens with two attached hydrogens (primary N) is 2. The molecule has 0 aliphatic carbocycles. The summed E-state index contributed by atoms with van der Waals surface area (Å²) in [5, 5.41) is 4.66. The predicted molar refractivity (Wildman–Crippen MR) is 38.9 cm³/mol. The van der Waals surface area contributed by atoms with Gasteiger partial charge in [0.15, 0.2) is 11.6 Å². The van der Waals surface area contributed by atoms with Crippen molar-refractivity contribution >= 4 is 11.6 Å². The molecule has 0 aliphatic heterocycles. The van der Waals surface area contributed by atoms with Gasteiger partial charge in [-0.2, -0.15) is 0 Å². The van der Waals surface area contributed by atoms with Crippen LogP contribution in [0.5, 0.6) is 0 Å². The second-order valence-corrected chi connectivity index (χ2v) is 1.80. The highest BCUT2D eigenvalue weighted by molar-refractivity contribution is 6.37. The van der Waals surface area contributed by atoms with Crippen molar-refractivity contribution in [2.75, 3.05) is 6.54 Å². The van der Waals surface area contributed by atoms with Crippen molar-refractivity contribution in [1.29, 1.82) is 0 Å². The largest absolute Gasteiger partial charge is 0.379 e. The molecule has 0 aromatic heterocycles. The average Bonchev–Trinajstić information content (AvgIpc) is 1.87. The number of hydrazone groups is 1. The summed E-state index contributed by atoms with van der Waals surface area (Å²) in [7, 11) is 0. The van der Waals surface area contributed by atoms with E-state index in [9.17, 15) is 4.79 Å². The molecule has 0 radical (unpaired) electrons. The van der Waals surface area contributed by atoms with Crippen molar-refractivity contribution in [3.63, 3.8) is 0 Å². The van der Waals surface area contributed by atoms with E-state index < -0.39 is 0 Å². The van der Waals surface area contributed by atoms with Crippen LogP contribution in [-0.2, 0) is 4.79 Å². The monoisotopic (exact) mass is 144 g/mol. The lowest BCUT2D eigenvalue weighted by atomic mass is 10.4. The van der Waals surface area contributed by atoms with Gasteiger partial charge in [0.2, 0.25) is 0 Å². The predicted octanol–water partition coefficient (Wildman–Crippen LogP) is -0.957. The molecule has 0 saturated carbocycles. The number of Topliss-reactive ketones (excluding diaryl/α,β-unsaturated/α-hetero) is 1. The second-order valence-electron chi connectivity index (χ2n) is 1.80. The summed E-state index contributed by atoms with van der Waals surface area (Å²) in [6.07, 6.45) is 0. The smallest absolute Gasteiger partial charge is 0.196 e. The average molecular weight is 144 g/mol. The van der Waals surface area contributed by atoms with Crippen molar-refractivity contribution in [2.45, 2.75) is 13.8 Å². The Kier molecular flexibility index (Phi) is 3.42. The summed E-state index contributed by atoms with van der Waals surface area (Å²) in [5.74, 6) is 4.89. The molecule has 0 rings (SSSR count). The Balaban J connectivity index is 4.02. The molecule has 5 heteroatoms. The highest BCUT2D eigenvalue weighted by atomic mass is 16.1. The van der Waals surface area contributed by atoms with Crippen LogP contribution >= 0.6 is 0 Å². The maximum Gasteiger partial charge on any atom is 0.196 e. The molecule has 0 aromatic rings. The molecule has 0 atom stereocenters. The van der Waals surface area contributed by atoms with E-state index in [1.807, 2.05) is 0 Å². The van der Waals surface area contributed by atoms with E-state index in [0.29, 0.717) is 6.54 Å². The van der Waals surface area contributed by atoms with Gasteiger partial charge >= 0.3 is 0 Å². The van der Waals surface area contributed by atoms with Crippen molar-refractivity contribution < 1.29 is 4.79 Å². The molecule has 58 valence electrons. The van der Waals surface area contributed by atoms with E-state index in [4.69, 9.17) is 11.6 Å². The maximum absolute atomic E-state index is 10.5. The zero-order chi connectivity index (χ0) is 8.15. The van der Waals surface area contributed by atoms with E-state index in [1.54, 1.807) is 6.92 Å². The van der Waals surface area contributed by atoms with E-state index in [1.165, 1.54) is 6.92 Å². The molecule has 10 heavy (non-hydrogen) atoms. The van der Waals surface area contributed by atoms with Crippen LogP contribution in [-0.4, -0.2) is 23.3 Å². The lowest BCUT2D eigenvalue weighted by Crippen LogP contribution is -2.31. The van der Waals surface area contributed by atoms with Gasteiger partial charge in [-0.1, -0.05) is 0 Å². The summed E-state index contributed by atoms with van der Waals surface area (Å²) in [4.78, 5) is 10.5. The normalized spacial score (nSPS) is 11.3. The van der Waals surface area contributed by atoms with Crippen LogP contribution in [0.3, 0.4) is 0 Å². The first-order chi connectivity index (χ1) is 4.57. The zero-order valence-electron chi connectivity index (χ0n) is 6.16. The standard InChI is InChI=1S/C5H12N4O/c1-3-9(7)8-5(6)4(2)10/h3,7H2,1-2H3,(H2,6,8). The summed E-state index contributed by atoms with van der Waals surface area (Å²) in [6.45, 7) is 3.66. The summed E-state index contributed by atoms with van der Waals surface area (Å²) < 4.78 is 0. The van der Waals surface area contributed by atoms with Crippen molar-refractivity contribution in [2.24, 2.45) is 16.7 Å². The first-order valence-corrected chi connectivity index (χ1v) is 2.95. The number of hydrogen-bond acceptors (Lipinski definition) is 4. The second kappa shape index (κ2) is 3.84. The number of carbonyl (C=O) groups is 1. The molecule has 0 saturated heterocycles. The third-order valence-electron chi connectivity index (χ3n) is 0.921. The quantitative estimate of drug-likeness (QED) is 0.231. The molecule has 0 aliphatic rings. The van der Waals surface area contributed by atoms with E-state index in [-0.39, 0.29) is 11.6 Å². The SMILES string of the molecule is CCN(N)/N=C(\N)C(C)=O. The maximum atomic E-state index is 10.5. The van der Waals surface area contributed by atoms with Crippen LogP contribution in [0.4, 0.5) is 0 Å². The first kappa shape index (κ1) is 8.90. The third kappa shape index (κ3) is 3.03. The van der Waals surface area contributed by atoms with Gasteiger partial charge in [0.25, 0.3) is 0 Å². The Morgan fingerprint density at radius 2 is 2.20 bits per heavy atom. The number of hydrazine groups is 1. The molecule has 0 amide bonds. The summed E-state index contributed by atoms with van der Waals surface area (Å²) >= 11 is 0. The summed E-state index contributed by atoms with van der Waals surface area (Å²) in [6, 6.07) is 0. The van der Waals surface area contributed by atoms with Gasteiger partial charge in [-0.05, 0) is 6.92 Å². The number of amidine groups is 1. The number of rotatable bonds is 3. The van der Waals surface area contributed by atoms with E-state index in [0.717, 1.165) is 5.12 Å². The van der Waals surface area contributed by atoms with Crippen LogP contribution in [0.1, 0.15) is 13.8 Å². The fraction of sp³-hybridized carbons (Fsp3) is 0.600. The van der Waals surface area contributed by atoms with Gasteiger partial charge in [0.05, 0.1) is 6.54 Å². The molecule has 5 nitrogen and oxygen atoms in total. The van der Waals surface area contributed by atoms with Gasteiger partial charge in [-0.15, -0.1) is 5.10 Å². The van der Waals surface area contributed by atoms with Gasteiger partial charge < -0.3 is 5.73 Å². The molecule has 0 heterocycles. The number of ketones is 1. The fourth-order valence-electron chi connectivity index (χ4n) is 0.280. The van der Waals surface area contributed by atoms with Crippen LogP contribution in [0, 0.1) is 0 Å². The lowest BCUT2D eigenvalue weighted by molar-refractivity contribution is -0.111. The van der Waals surface area contributed by atoms with Crippen LogP contribution in [0.2, 0.25) is 0 Å². The fourth-order valence-corrected chi connectivity index (χ4v) is 0.280. The Bertz CT molecular complexity index is 154. The molecule has 0 spiro atoms. The summed E-state index contributed by atoms with van der Waals surface area (Å²) in [5.41, 5.74) is 5.17. The molecule has 4 N–H and O–H groups in total. The van der Waals surface area contributed by atoms with Gasteiger partial charge in [-0.25, -0.2) is 11.0 Å². The van der Waals surface area contributed by atoms with E-state index in [2.05, 4.69) is 5.10 Å². The zero-order valence-corrected chi connectivity index (χ0v) is 6.16. The number of hydrogen-bond donors (Lipinski definition) is 2. The molecule has 0 fully saturated rings. The van der Waals surface area contributed by atoms with Crippen LogP contribution < -0.4 is 11.6 Å². The van der Waals surface area contributed by atoms with Crippen LogP contribution in [0.15, 0.2) is 5.10 Å². The van der Waals surface area contributed by atoms with Gasteiger partial charge in [-0.3, -0.25) is 4.79 Å². The Morgan fingerprint density at radius 1 is 1.70 bits per heavy atom. The number of carbonyl (C=O) groups excluding carboxylic acids is 1. The Labute approximate surface area is 59.6 Å². The molecular formula is C5H12N4O. The van der Waals surface area contributed by atoms with E-state index >= 15 is 0 Å². The topological polar surface area (TPSA) is 84.7 Å². The molecule has 0 unspecified atom stereocenters. The van der Waals surface area contributed by atoms with Crippen molar-refractivity contribution in [1.82, 2.24) is 5.12 Å². The lowest BCUT2D eigenvalue weighted by Gasteiger charge is -2.08. The van der Waals surface area contributed by atoms with Gasteiger partial charge in [0.1, 0.15) is 0 Å². The molecule has 0 bridgehead atoms. The third-order valence-corrected chi connectivity index (χ3v) is 0.921. The molecule has 0 aromatic carbocycles. The molecular weight excluding hydrogens is 132 g/mol. The minimum absolute atomic E-state index is 0.0654. The van der Waals surface area contributed by atoms with Crippen molar-refractivity contribution in [3.05, 3.63) is 0 Å².